The highest BCUT2D eigenvalue weighted by Crippen LogP contribution is 2.16. The van der Waals surface area contributed by atoms with Crippen molar-refractivity contribution in [2.75, 3.05) is 27.2 Å². The average molecular weight is 186 g/mol. The first-order valence-electron chi connectivity index (χ1n) is 4.65. The van der Waals surface area contributed by atoms with E-state index in [9.17, 15) is 4.79 Å². The lowest BCUT2D eigenvalue weighted by Crippen LogP contribution is -2.44. The monoisotopic (exact) mass is 186 g/mol. The zero-order valence-corrected chi connectivity index (χ0v) is 8.53. The number of aliphatic hydroxyl groups is 1. The summed E-state index contributed by atoms with van der Waals surface area (Å²) < 4.78 is 0. The average Bonchev–Trinajstić information content (AvgIpc) is 2.45. The Morgan fingerprint density at radius 3 is 2.77 bits per heavy atom. The zero-order valence-electron chi connectivity index (χ0n) is 8.53. The van der Waals surface area contributed by atoms with Gasteiger partial charge in [0.2, 0.25) is 5.91 Å². The molecule has 1 saturated heterocycles. The summed E-state index contributed by atoms with van der Waals surface area (Å²) in [5.41, 5.74) is 0. The Hall–Kier alpha value is -0.610. The molecule has 2 unspecified atom stereocenters. The number of amides is 1. The van der Waals surface area contributed by atoms with E-state index in [0.29, 0.717) is 0 Å². The van der Waals surface area contributed by atoms with E-state index < -0.39 is 0 Å². The Balaban J connectivity index is 2.57. The first-order valence-corrected chi connectivity index (χ1v) is 4.65. The van der Waals surface area contributed by atoms with Crippen molar-refractivity contribution in [2.24, 2.45) is 0 Å². The Bertz CT molecular complexity index is 196. The molecule has 0 radical (unpaired) electrons. The Morgan fingerprint density at radius 1 is 1.77 bits per heavy atom. The second kappa shape index (κ2) is 4.07. The molecular weight excluding hydrogens is 168 g/mol. The van der Waals surface area contributed by atoms with Gasteiger partial charge < -0.3 is 10.0 Å². The maximum absolute atomic E-state index is 11.6. The molecule has 0 bridgehead atoms. The molecule has 4 heteroatoms. The predicted molar refractivity (Wildman–Crippen MR) is 50.4 cm³/mol. The molecule has 1 fully saturated rings. The molecule has 1 amide bonds. The van der Waals surface area contributed by atoms with Crippen molar-refractivity contribution in [3.05, 3.63) is 0 Å². The first kappa shape index (κ1) is 10.5. The summed E-state index contributed by atoms with van der Waals surface area (Å²) in [4.78, 5) is 15.3. The molecule has 0 aromatic carbocycles. The number of hydrogen-bond donors (Lipinski definition) is 1. The molecule has 0 spiro atoms. The van der Waals surface area contributed by atoms with Crippen molar-refractivity contribution >= 4 is 5.91 Å². The molecule has 1 aliphatic rings. The molecule has 13 heavy (non-hydrogen) atoms. The second-order valence-electron chi connectivity index (χ2n) is 3.76. The van der Waals surface area contributed by atoms with Gasteiger partial charge in [-0.1, -0.05) is 0 Å². The summed E-state index contributed by atoms with van der Waals surface area (Å²) in [7, 11) is 3.71. The van der Waals surface area contributed by atoms with E-state index in [1.165, 1.54) is 0 Å². The van der Waals surface area contributed by atoms with E-state index in [0.717, 1.165) is 13.0 Å². The van der Waals surface area contributed by atoms with Gasteiger partial charge in [-0.15, -0.1) is 0 Å². The molecule has 1 N–H and O–H groups in total. The zero-order chi connectivity index (χ0) is 10.0. The van der Waals surface area contributed by atoms with Crippen LogP contribution in [0.3, 0.4) is 0 Å². The van der Waals surface area contributed by atoms with Crippen molar-refractivity contribution in [1.82, 2.24) is 9.80 Å². The van der Waals surface area contributed by atoms with Crippen LogP contribution in [0.5, 0.6) is 0 Å². The highest BCUT2D eigenvalue weighted by Gasteiger charge is 2.33. The molecule has 0 saturated carbocycles. The van der Waals surface area contributed by atoms with E-state index >= 15 is 0 Å². The molecule has 76 valence electrons. The fraction of sp³-hybridized carbons (Fsp3) is 0.889. The number of likely N-dealkylation sites (N-methyl/N-ethyl adjacent to an activating group) is 2. The van der Waals surface area contributed by atoms with E-state index in [2.05, 4.69) is 0 Å². The quantitative estimate of drug-likeness (QED) is 0.648. The molecular formula is C9H18N2O2. The maximum atomic E-state index is 11.6. The third-order valence-corrected chi connectivity index (χ3v) is 2.85. The van der Waals surface area contributed by atoms with Crippen molar-refractivity contribution < 1.29 is 9.90 Å². The molecule has 0 aromatic heterocycles. The summed E-state index contributed by atoms with van der Waals surface area (Å²) >= 11 is 0. The molecule has 4 nitrogen and oxygen atoms in total. The van der Waals surface area contributed by atoms with Gasteiger partial charge in [0.25, 0.3) is 0 Å². The fourth-order valence-corrected chi connectivity index (χ4v) is 1.62. The van der Waals surface area contributed by atoms with Gasteiger partial charge >= 0.3 is 0 Å². The number of carbonyl (C=O) groups excluding carboxylic acids is 1. The minimum absolute atomic E-state index is 0.0350. The van der Waals surface area contributed by atoms with E-state index in [1.807, 2.05) is 25.9 Å². The van der Waals surface area contributed by atoms with E-state index in [-0.39, 0.29) is 24.6 Å². The van der Waals surface area contributed by atoms with Crippen molar-refractivity contribution in [3.8, 4) is 0 Å². The second-order valence-corrected chi connectivity index (χ2v) is 3.76. The van der Waals surface area contributed by atoms with Crippen molar-refractivity contribution in [1.29, 1.82) is 0 Å². The van der Waals surface area contributed by atoms with Crippen LogP contribution in [0.25, 0.3) is 0 Å². The number of hydrogen-bond acceptors (Lipinski definition) is 3. The third-order valence-electron chi connectivity index (χ3n) is 2.85. The van der Waals surface area contributed by atoms with Gasteiger partial charge in [-0.2, -0.15) is 0 Å². The van der Waals surface area contributed by atoms with Crippen LogP contribution in [0.1, 0.15) is 13.3 Å². The van der Waals surface area contributed by atoms with Crippen molar-refractivity contribution in [2.45, 2.75) is 25.4 Å². The lowest BCUT2D eigenvalue weighted by atomic mass is 10.2. The number of carbonyl (C=O) groups is 1. The predicted octanol–water partition coefficient (Wildman–Crippen LogP) is -0.470. The largest absolute Gasteiger partial charge is 0.395 e. The van der Waals surface area contributed by atoms with Gasteiger partial charge in [-0.3, -0.25) is 9.69 Å². The molecule has 1 heterocycles. The summed E-state index contributed by atoms with van der Waals surface area (Å²) in [5, 5.41) is 8.95. The lowest BCUT2D eigenvalue weighted by molar-refractivity contribution is -0.131. The minimum Gasteiger partial charge on any atom is -0.395 e. The highest BCUT2D eigenvalue weighted by atomic mass is 16.3. The maximum Gasteiger partial charge on any atom is 0.239 e. The van der Waals surface area contributed by atoms with Crippen LogP contribution in [0.15, 0.2) is 0 Å². The topological polar surface area (TPSA) is 43.8 Å². The Kier molecular flexibility index (Phi) is 3.27. The van der Waals surface area contributed by atoms with Gasteiger partial charge in [-0.25, -0.2) is 0 Å². The fourth-order valence-electron chi connectivity index (χ4n) is 1.62. The van der Waals surface area contributed by atoms with Crippen LogP contribution in [0.4, 0.5) is 0 Å². The van der Waals surface area contributed by atoms with Gasteiger partial charge in [-0.05, 0) is 20.4 Å². The smallest absolute Gasteiger partial charge is 0.239 e. The summed E-state index contributed by atoms with van der Waals surface area (Å²) in [6, 6.07) is 0.0209. The Labute approximate surface area is 79.1 Å². The van der Waals surface area contributed by atoms with Gasteiger partial charge in [0.15, 0.2) is 0 Å². The first-order chi connectivity index (χ1) is 6.07. The number of aliphatic hydroxyl groups excluding tert-OH is 1. The van der Waals surface area contributed by atoms with Crippen molar-refractivity contribution in [3.63, 3.8) is 0 Å². The van der Waals surface area contributed by atoms with Gasteiger partial charge in [0.1, 0.15) is 0 Å². The van der Waals surface area contributed by atoms with Crippen LogP contribution >= 0.6 is 0 Å². The van der Waals surface area contributed by atoms with Gasteiger partial charge in [0, 0.05) is 19.6 Å². The normalized spacial score (nSPS) is 25.8. The van der Waals surface area contributed by atoms with Crippen LogP contribution in [0.2, 0.25) is 0 Å². The molecule has 1 rings (SSSR count). The minimum atomic E-state index is -0.0350. The van der Waals surface area contributed by atoms with Gasteiger partial charge in [0.05, 0.1) is 12.6 Å². The SMILES string of the molecule is CC(CO)N(C)C1CCN(C)C1=O. The van der Waals surface area contributed by atoms with Crippen LogP contribution < -0.4 is 0 Å². The van der Waals surface area contributed by atoms with Crippen LogP contribution in [-0.2, 0) is 4.79 Å². The standard InChI is InChI=1S/C9H18N2O2/c1-7(6-12)11(3)8-4-5-10(2)9(8)13/h7-8,12H,4-6H2,1-3H3. The number of likely N-dealkylation sites (tertiary alicyclic amines) is 1. The molecule has 0 aliphatic carbocycles. The van der Waals surface area contributed by atoms with E-state index in [4.69, 9.17) is 5.11 Å². The highest BCUT2D eigenvalue weighted by molar-refractivity contribution is 5.83. The summed E-state index contributed by atoms with van der Waals surface area (Å²) in [6.45, 7) is 2.85. The molecule has 1 aliphatic heterocycles. The number of nitrogens with zero attached hydrogens (tertiary/aromatic N) is 2. The third kappa shape index (κ3) is 2.00. The summed E-state index contributed by atoms with van der Waals surface area (Å²) in [5.74, 6) is 0.169. The lowest BCUT2D eigenvalue weighted by Gasteiger charge is -2.27. The van der Waals surface area contributed by atoms with E-state index in [1.54, 1.807) is 4.90 Å². The molecule has 2 atom stereocenters. The van der Waals surface area contributed by atoms with Crippen LogP contribution in [0, 0.1) is 0 Å². The summed E-state index contributed by atoms with van der Waals surface area (Å²) in [6.07, 6.45) is 0.871. The van der Waals surface area contributed by atoms with Crippen LogP contribution in [-0.4, -0.2) is 60.1 Å². The molecule has 0 aromatic rings. The number of rotatable bonds is 3. The Morgan fingerprint density at radius 2 is 2.38 bits per heavy atom.